The molecule has 0 saturated carbocycles. The molecule has 1 unspecified atom stereocenters. The first-order valence-corrected chi connectivity index (χ1v) is 10.4. The molecule has 26 heavy (non-hydrogen) atoms. The lowest BCUT2D eigenvalue weighted by Gasteiger charge is -2.30. The monoisotopic (exact) mass is 384 g/mol. The summed E-state index contributed by atoms with van der Waals surface area (Å²) in [6.45, 7) is 10.1. The van der Waals surface area contributed by atoms with E-state index in [1.54, 1.807) is 0 Å². The lowest BCUT2D eigenvalue weighted by molar-refractivity contribution is -0.131. The first-order chi connectivity index (χ1) is 12.3. The zero-order valence-corrected chi connectivity index (χ0v) is 17.3. The molecule has 0 aliphatic carbocycles. The van der Waals surface area contributed by atoms with Crippen molar-refractivity contribution in [1.82, 2.24) is 15.2 Å². The van der Waals surface area contributed by atoms with Crippen molar-refractivity contribution in [3.63, 3.8) is 0 Å². The van der Waals surface area contributed by atoms with E-state index >= 15 is 0 Å². The Morgan fingerprint density at radius 3 is 2.50 bits per heavy atom. The van der Waals surface area contributed by atoms with Crippen molar-refractivity contribution in [3.8, 4) is 0 Å². The number of amides is 2. The number of likely N-dealkylation sites (tertiary alicyclic amines) is 1. The quantitative estimate of drug-likeness (QED) is 0.762. The zero-order valence-electron chi connectivity index (χ0n) is 16.5. The van der Waals surface area contributed by atoms with Crippen molar-refractivity contribution in [2.45, 2.75) is 70.9 Å². The van der Waals surface area contributed by atoms with Gasteiger partial charge in [0.25, 0.3) is 11.5 Å². The van der Waals surface area contributed by atoms with Crippen LogP contribution < -0.4 is 5.32 Å². The van der Waals surface area contributed by atoms with Gasteiger partial charge in [0, 0.05) is 17.7 Å². The summed E-state index contributed by atoms with van der Waals surface area (Å²) in [5.74, 6) is 0.326. The molecule has 0 radical (unpaired) electrons. The number of nitrogens with one attached hydrogen (secondary N) is 1. The zero-order chi connectivity index (χ0) is 19.3. The van der Waals surface area contributed by atoms with E-state index in [4.69, 9.17) is 4.74 Å². The molecule has 1 N–H and O–H groups in total. The van der Waals surface area contributed by atoms with Gasteiger partial charge in [-0.15, -0.1) is 5.10 Å². The van der Waals surface area contributed by atoms with Gasteiger partial charge in [0.05, 0.1) is 0 Å². The molecule has 148 valence electrons. The van der Waals surface area contributed by atoms with Crippen molar-refractivity contribution < 1.29 is 14.3 Å². The number of nitrogens with zero attached hydrogens (tertiary/aromatic N) is 3. The third kappa shape index (κ3) is 6.16. The number of thioether (sulfide) groups is 1. The van der Waals surface area contributed by atoms with E-state index in [0.29, 0.717) is 17.6 Å². The molecule has 8 heteroatoms. The van der Waals surface area contributed by atoms with Crippen LogP contribution in [0.1, 0.15) is 53.4 Å². The first kappa shape index (κ1) is 21.0. The number of carbonyl (C=O) groups is 2. The molecule has 0 aromatic carbocycles. The Morgan fingerprint density at radius 1 is 1.27 bits per heavy atom. The minimum absolute atomic E-state index is 0.0969. The molecule has 7 nitrogen and oxygen atoms in total. The second-order valence-electron chi connectivity index (χ2n) is 7.77. The van der Waals surface area contributed by atoms with Crippen LogP contribution in [-0.4, -0.2) is 64.6 Å². The average molecular weight is 385 g/mol. The second kappa shape index (κ2) is 9.60. The van der Waals surface area contributed by atoms with Gasteiger partial charge in [0.15, 0.2) is 5.78 Å². The van der Waals surface area contributed by atoms with Crippen LogP contribution in [0.15, 0.2) is 5.10 Å². The summed E-state index contributed by atoms with van der Waals surface area (Å²) >= 11 is 1.42. The molecule has 2 aliphatic rings. The van der Waals surface area contributed by atoms with Crippen molar-refractivity contribution in [3.05, 3.63) is 0 Å². The smallest absolute Gasteiger partial charge is 0.341 e. The number of rotatable bonds is 6. The van der Waals surface area contributed by atoms with Crippen molar-refractivity contribution >= 4 is 28.8 Å². The van der Waals surface area contributed by atoms with E-state index in [9.17, 15) is 9.59 Å². The van der Waals surface area contributed by atoms with E-state index in [1.165, 1.54) is 16.8 Å². The standard InChI is InChI=1S/C18H32N4O3S/c1-12(2)6-7-15(23)16-22(20-18(25-16)26-13(3)4)17(24)19-14-8-10-21(5)11-9-14/h12-14,16H,6-11H2,1-5H3,(H,19,24). The third-order valence-corrected chi connectivity index (χ3v) is 5.31. The number of carbonyl (C=O) groups excluding carboxylic acids is 2. The highest BCUT2D eigenvalue weighted by Gasteiger charge is 2.39. The molecule has 2 aliphatic heterocycles. The van der Waals surface area contributed by atoms with Gasteiger partial charge in [0.1, 0.15) is 0 Å². The summed E-state index contributed by atoms with van der Waals surface area (Å²) in [4.78, 5) is 27.6. The lowest BCUT2D eigenvalue weighted by Crippen LogP contribution is -2.50. The SMILES string of the molecule is CC(C)CCC(=O)C1OC(SC(C)C)=NN1C(=O)NC1CCN(C)CC1. The molecule has 2 amide bonds. The van der Waals surface area contributed by atoms with Gasteiger partial charge >= 0.3 is 6.03 Å². The summed E-state index contributed by atoms with van der Waals surface area (Å²) in [7, 11) is 2.08. The number of piperidine rings is 1. The van der Waals surface area contributed by atoms with Crippen molar-refractivity contribution in [2.24, 2.45) is 11.0 Å². The van der Waals surface area contributed by atoms with Gasteiger partial charge in [-0.1, -0.05) is 39.5 Å². The van der Waals surface area contributed by atoms with Crippen LogP contribution in [0.3, 0.4) is 0 Å². The van der Waals surface area contributed by atoms with Crippen LogP contribution in [0.5, 0.6) is 0 Å². The lowest BCUT2D eigenvalue weighted by atomic mass is 10.0. The van der Waals surface area contributed by atoms with Gasteiger partial charge in [-0.3, -0.25) is 4.79 Å². The molecule has 1 saturated heterocycles. The van der Waals surface area contributed by atoms with E-state index in [2.05, 4.69) is 36.2 Å². The van der Waals surface area contributed by atoms with Gasteiger partial charge in [-0.25, -0.2) is 4.79 Å². The normalized spacial score (nSPS) is 21.9. The highest BCUT2D eigenvalue weighted by Crippen LogP contribution is 2.25. The van der Waals surface area contributed by atoms with Crippen LogP contribution in [-0.2, 0) is 9.53 Å². The molecule has 2 heterocycles. The van der Waals surface area contributed by atoms with Gasteiger partial charge in [-0.05, 0) is 45.3 Å². The van der Waals surface area contributed by atoms with Crippen LogP contribution in [0.2, 0.25) is 0 Å². The molecule has 0 aromatic rings. The maximum absolute atomic E-state index is 12.7. The van der Waals surface area contributed by atoms with Crippen LogP contribution in [0, 0.1) is 5.92 Å². The summed E-state index contributed by atoms with van der Waals surface area (Å²) in [6.07, 6.45) is 2.02. The Kier molecular flexibility index (Phi) is 7.76. The fourth-order valence-electron chi connectivity index (χ4n) is 2.86. The van der Waals surface area contributed by atoms with E-state index in [-0.39, 0.29) is 23.1 Å². The van der Waals surface area contributed by atoms with E-state index < -0.39 is 6.23 Å². The van der Waals surface area contributed by atoms with Gasteiger partial charge in [-0.2, -0.15) is 5.01 Å². The molecule has 0 aromatic heterocycles. The molecule has 2 rings (SSSR count). The Balaban J connectivity index is 2.01. The summed E-state index contributed by atoms with van der Waals surface area (Å²) in [6, 6.07) is -0.232. The minimum Gasteiger partial charge on any atom is -0.438 e. The van der Waals surface area contributed by atoms with E-state index in [0.717, 1.165) is 32.4 Å². The number of Topliss-reactive ketones (excluding diaryl/α,β-unsaturated/α-hetero) is 1. The van der Waals surface area contributed by atoms with Crippen LogP contribution in [0.25, 0.3) is 0 Å². The largest absolute Gasteiger partial charge is 0.438 e. The summed E-state index contributed by atoms with van der Waals surface area (Å²) < 4.78 is 5.73. The topological polar surface area (TPSA) is 74.2 Å². The predicted octanol–water partition coefficient (Wildman–Crippen LogP) is 2.87. The molecular weight excluding hydrogens is 352 g/mol. The fraction of sp³-hybridized carbons (Fsp3) is 0.833. The molecule has 0 spiro atoms. The average Bonchev–Trinajstić information content (AvgIpc) is 2.98. The van der Waals surface area contributed by atoms with Crippen LogP contribution in [0.4, 0.5) is 4.79 Å². The minimum atomic E-state index is -0.943. The van der Waals surface area contributed by atoms with Crippen molar-refractivity contribution in [1.29, 1.82) is 0 Å². The number of ether oxygens (including phenoxy) is 1. The summed E-state index contributed by atoms with van der Waals surface area (Å²) in [5, 5.41) is 9.15. The predicted molar refractivity (Wildman–Crippen MR) is 105 cm³/mol. The van der Waals surface area contributed by atoms with Crippen LogP contribution >= 0.6 is 11.8 Å². The maximum Gasteiger partial charge on any atom is 0.341 e. The number of ketones is 1. The molecule has 1 atom stereocenters. The molecule has 0 bridgehead atoms. The number of hydrazone groups is 1. The van der Waals surface area contributed by atoms with E-state index in [1.807, 2.05) is 13.8 Å². The Labute approximate surface area is 160 Å². The Hall–Kier alpha value is -1.28. The highest BCUT2D eigenvalue weighted by atomic mass is 32.2. The second-order valence-corrected chi connectivity index (χ2v) is 9.30. The number of hydrogen-bond donors (Lipinski definition) is 1. The van der Waals surface area contributed by atoms with Crippen molar-refractivity contribution in [2.75, 3.05) is 20.1 Å². The van der Waals surface area contributed by atoms with Gasteiger partial charge in [0.2, 0.25) is 0 Å². The fourth-order valence-corrected chi connectivity index (χ4v) is 3.55. The molecular formula is C18H32N4O3S. The first-order valence-electron chi connectivity index (χ1n) is 9.49. The Bertz CT molecular complexity index is 531. The highest BCUT2D eigenvalue weighted by molar-refractivity contribution is 8.14. The number of hydrogen-bond acceptors (Lipinski definition) is 6. The number of urea groups is 1. The maximum atomic E-state index is 12.7. The third-order valence-electron chi connectivity index (χ3n) is 4.46. The molecule has 1 fully saturated rings. The van der Waals surface area contributed by atoms with Gasteiger partial charge < -0.3 is 15.0 Å². The Morgan fingerprint density at radius 2 is 1.92 bits per heavy atom. The summed E-state index contributed by atoms with van der Waals surface area (Å²) in [5.41, 5.74) is 0.